The molecule has 24 heavy (non-hydrogen) atoms. The number of rotatable bonds is 6. The predicted molar refractivity (Wildman–Crippen MR) is 87.4 cm³/mol. The van der Waals surface area contributed by atoms with Crippen LogP contribution in [0.1, 0.15) is 5.56 Å². The van der Waals surface area contributed by atoms with Gasteiger partial charge in [0.25, 0.3) is 11.6 Å². The number of nitro groups is 1. The lowest BCUT2D eigenvalue weighted by molar-refractivity contribution is -0.384. The highest BCUT2D eigenvalue weighted by atomic mass is 35.5. The zero-order valence-electron chi connectivity index (χ0n) is 12.2. The first-order valence-corrected chi connectivity index (χ1v) is 7.02. The molecule has 0 aliphatic carbocycles. The molecule has 0 saturated carbocycles. The summed E-state index contributed by atoms with van der Waals surface area (Å²) in [5.74, 6) is 0.153. The molecule has 2 N–H and O–H groups in total. The van der Waals surface area contributed by atoms with Gasteiger partial charge >= 0.3 is 0 Å². The average molecular weight is 350 g/mol. The van der Waals surface area contributed by atoms with Crippen molar-refractivity contribution in [3.63, 3.8) is 0 Å². The zero-order valence-corrected chi connectivity index (χ0v) is 12.9. The summed E-state index contributed by atoms with van der Waals surface area (Å²) in [5.41, 5.74) is 2.70. The quantitative estimate of drug-likeness (QED) is 0.472. The molecule has 2 rings (SSSR count). The van der Waals surface area contributed by atoms with Crippen molar-refractivity contribution in [2.75, 3.05) is 6.61 Å². The largest absolute Gasteiger partial charge is 0.456 e. The molecule has 1 amide bonds. The number of halogens is 1. The van der Waals surface area contributed by atoms with Crippen LogP contribution in [0, 0.1) is 10.1 Å². The summed E-state index contributed by atoms with van der Waals surface area (Å²) >= 11 is 5.96. The Labute approximate surface area is 141 Å². The topological polar surface area (TPSA) is 114 Å². The van der Waals surface area contributed by atoms with Crippen LogP contribution < -0.4 is 10.2 Å². The van der Waals surface area contributed by atoms with Gasteiger partial charge in [0.15, 0.2) is 0 Å². The Kier molecular flexibility index (Phi) is 5.83. The number of benzene rings is 2. The number of hydrazone groups is 1. The molecule has 2 aromatic rings. The second-order valence-electron chi connectivity index (χ2n) is 4.49. The number of non-ortho nitro benzene ring substituents is 1. The summed E-state index contributed by atoms with van der Waals surface area (Å²) < 4.78 is 5.56. The number of carbonyl (C=O) groups is 1. The van der Waals surface area contributed by atoms with E-state index < -0.39 is 17.4 Å². The van der Waals surface area contributed by atoms with Gasteiger partial charge in [-0.15, -0.1) is 0 Å². The van der Waals surface area contributed by atoms with E-state index in [4.69, 9.17) is 21.4 Å². The maximum atomic E-state index is 10.8. The second kappa shape index (κ2) is 8.04. The monoisotopic (exact) mass is 349 g/mol. The SMILES string of the molecule is O=C(CO)N/N=C\c1ccc(Oc2ccc([N+](=O)[O-])cc2Cl)cc1. The minimum Gasteiger partial charge on any atom is -0.456 e. The normalized spacial score (nSPS) is 10.6. The van der Waals surface area contributed by atoms with E-state index in [0.29, 0.717) is 17.1 Å². The van der Waals surface area contributed by atoms with Crippen molar-refractivity contribution < 1.29 is 19.6 Å². The molecule has 0 heterocycles. The Bertz CT molecular complexity index is 777. The van der Waals surface area contributed by atoms with Crippen molar-refractivity contribution in [3.8, 4) is 11.5 Å². The number of carbonyl (C=O) groups excluding carboxylic acids is 1. The van der Waals surface area contributed by atoms with Gasteiger partial charge in [0.2, 0.25) is 0 Å². The van der Waals surface area contributed by atoms with Crippen LogP contribution in [0.25, 0.3) is 0 Å². The average Bonchev–Trinajstić information content (AvgIpc) is 2.57. The van der Waals surface area contributed by atoms with Gasteiger partial charge in [0, 0.05) is 12.1 Å². The Morgan fingerprint density at radius 1 is 1.33 bits per heavy atom. The molecule has 0 bridgehead atoms. The fourth-order valence-electron chi connectivity index (χ4n) is 1.65. The number of amides is 1. The second-order valence-corrected chi connectivity index (χ2v) is 4.90. The van der Waals surface area contributed by atoms with E-state index in [0.717, 1.165) is 0 Å². The molecule has 0 saturated heterocycles. The highest BCUT2D eigenvalue weighted by Crippen LogP contribution is 2.32. The molecule has 0 fully saturated rings. The Morgan fingerprint density at radius 3 is 2.62 bits per heavy atom. The number of aliphatic hydroxyl groups excluding tert-OH is 1. The summed E-state index contributed by atoms with van der Waals surface area (Å²) in [7, 11) is 0. The molecule has 8 nitrogen and oxygen atoms in total. The lowest BCUT2D eigenvalue weighted by Gasteiger charge is -2.07. The van der Waals surface area contributed by atoms with Crippen molar-refractivity contribution >= 4 is 29.4 Å². The van der Waals surface area contributed by atoms with E-state index in [1.54, 1.807) is 24.3 Å². The van der Waals surface area contributed by atoms with Crippen molar-refractivity contribution in [1.82, 2.24) is 5.43 Å². The molecule has 2 aromatic carbocycles. The number of ether oxygens (including phenoxy) is 1. The molecule has 9 heteroatoms. The van der Waals surface area contributed by atoms with Crippen LogP contribution in [0.3, 0.4) is 0 Å². The summed E-state index contributed by atoms with van der Waals surface area (Å²) in [4.78, 5) is 20.9. The highest BCUT2D eigenvalue weighted by molar-refractivity contribution is 6.32. The molecule has 0 aromatic heterocycles. The van der Waals surface area contributed by atoms with Crippen LogP contribution in [0.15, 0.2) is 47.6 Å². The van der Waals surface area contributed by atoms with E-state index in [2.05, 4.69) is 10.5 Å². The third-order valence-corrected chi connectivity index (χ3v) is 3.08. The van der Waals surface area contributed by atoms with Crippen molar-refractivity contribution in [1.29, 1.82) is 0 Å². The minimum absolute atomic E-state index is 0.121. The fourth-order valence-corrected chi connectivity index (χ4v) is 1.86. The van der Waals surface area contributed by atoms with E-state index >= 15 is 0 Å². The highest BCUT2D eigenvalue weighted by Gasteiger charge is 2.10. The van der Waals surface area contributed by atoms with Gasteiger partial charge in [-0.05, 0) is 35.9 Å². The fraction of sp³-hybridized carbons (Fsp3) is 0.0667. The molecule has 0 aliphatic rings. The first-order chi connectivity index (χ1) is 11.5. The maximum Gasteiger partial charge on any atom is 0.271 e. The lowest BCUT2D eigenvalue weighted by Crippen LogP contribution is -2.20. The van der Waals surface area contributed by atoms with Crippen LogP contribution in [0.2, 0.25) is 5.02 Å². The maximum absolute atomic E-state index is 10.8. The van der Waals surface area contributed by atoms with Gasteiger partial charge in [0.05, 0.1) is 16.2 Å². The Hall–Kier alpha value is -2.97. The van der Waals surface area contributed by atoms with Crippen molar-refractivity contribution in [2.24, 2.45) is 5.10 Å². The number of aliphatic hydroxyl groups is 1. The van der Waals surface area contributed by atoms with E-state index in [9.17, 15) is 14.9 Å². The molecular weight excluding hydrogens is 338 g/mol. The molecule has 0 spiro atoms. The van der Waals surface area contributed by atoms with Crippen molar-refractivity contribution in [2.45, 2.75) is 0 Å². The van der Waals surface area contributed by atoms with Crippen LogP contribution in [-0.4, -0.2) is 28.8 Å². The molecule has 124 valence electrons. The number of hydrogen-bond donors (Lipinski definition) is 2. The van der Waals surface area contributed by atoms with Gasteiger partial charge in [-0.2, -0.15) is 5.10 Å². The predicted octanol–water partition coefficient (Wildman–Crippen LogP) is 2.48. The lowest BCUT2D eigenvalue weighted by atomic mass is 10.2. The van der Waals surface area contributed by atoms with E-state index in [-0.39, 0.29) is 10.7 Å². The van der Waals surface area contributed by atoms with Crippen LogP contribution in [0.4, 0.5) is 5.69 Å². The van der Waals surface area contributed by atoms with Gasteiger partial charge in [-0.1, -0.05) is 11.6 Å². The summed E-state index contributed by atoms with van der Waals surface area (Å²) in [5, 5.41) is 23.0. The summed E-state index contributed by atoms with van der Waals surface area (Å²) in [6.07, 6.45) is 1.40. The standard InChI is InChI=1S/C15H12ClN3O5/c16-13-7-11(19(22)23)3-6-14(13)24-12-4-1-10(2-5-12)8-17-18-15(21)9-20/h1-8,20H,9H2,(H,18,21)/b17-8-. The van der Waals surface area contributed by atoms with Gasteiger partial charge < -0.3 is 9.84 Å². The summed E-state index contributed by atoms with van der Waals surface area (Å²) in [6.45, 7) is -0.639. The van der Waals surface area contributed by atoms with E-state index in [1.807, 2.05) is 0 Å². The molecule has 0 unspecified atom stereocenters. The molecule has 0 radical (unpaired) electrons. The van der Waals surface area contributed by atoms with Crippen molar-refractivity contribution in [3.05, 3.63) is 63.2 Å². The number of nitro benzene ring substituents is 1. The third-order valence-electron chi connectivity index (χ3n) is 2.78. The van der Waals surface area contributed by atoms with E-state index in [1.165, 1.54) is 24.4 Å². The van der Waals surface area contributed by atoms with Gasteiger partial charge in [-0.3, -0.25) is 14.9 Å². The van der Waals surface area contributed by atoms with Gasteiger partial charge in [-0.25, -0.2) is 5.43 Å². The van der Waals surface area contributed by atoms with Crippen LogP contribution in [0.5, 0.6) is 11.5 Å². The molecule has 0 aliphatic heterocycles. The molecular formula is C15H12ClN3O5. The minimum atomic E-state index is -0.639. The molecule has 0 atom stereocenters. The number of nitrogens with one attached hydrogen (secondary N) is 1. The smallest absolute Gasteiger partial charge is 0.271 e. The van der Waals surface area contributed by atoms with Crippen LogP contribution in [-0.2, 0) is 4.79 Å². The van der Waals surface area contributed by atoms with Gasteiger partial charge in [0.1, 0.15) is 18.1 Å². The Balaban J connectivity index is 2.04. The van der Waals surface area contributed by atoms with Crippen LogP contribution >= 0.6 is 11.6 Å². The zero-order chi connectivity index (χ0) is 17.5. The number of nitrogens with zero attached hydrogens (tertiary/aromatic N) is 2. The summed E-state index contributed by atoms with van der Waals surface area (Å²) in [6, 6.07) is 10.6. The Morgan fingerprint density at radius 2 is 2.04 bits per heavy atom. The first kappa shape index (κ1) is 17.4. The first-order valence-electron chi connectivity index (χ1n) is 6.64. The number of hydrogen-bond acceptors (Lipinski definition) is 6. The third kappa shape index (κ3) is 4.77.